The average Bonchev–Trinajstić information content (AvgIpc) is 1.55. The van der Waals surface area contributed by atoms with E-state index in [1.807, 2.05) is 66.7 Å². The highest BCUT2D eigenvalue weighted by Crippen LogP contribution is 2.56. The van der Waals surface area contributed by atoms with Crippen LogP contribution in [-0.4, -0.2) is 39.0 Å². The fourth-order valence-corrected chi connectivity index (χ4v) is 21.0. The van der Waals surface area contributed by atoms with E-state index in [2.05, 4.69) is 427 Å². The molecule has 3 aliphatic carbocycles. The van der Waals surface area contributed by atoms with Gasteiger partial charge in [0.2, 0.25) is 0 Å². The van der Waals surface area contributed by atoms with E-state index in [0.29, 0.717) is 0 Å². The third-order valence-electron chi connectivity index (χ3n) is 27.1. The van der Waals surface area contributed by atoms with E-state index >= 15 is 0 Å². The van der Waals surface area contributed by atoms with Crippen LogP contribution in [-0.2, 0) is 16.2 Å². The van der Waals surface area contributed by atoms with Gasteiger partial charge in [-0.2, -0.15) is 0 Å². The van der Waals surface area contributed by atoms with Gasteiger partial charge in [-0.15, -0.1) is 12.6 Å². The van der Waals surface area contributed by atoms with Gasteiger partial charge in [0.15, 0.2) is 17.5 Å². The van der Waals surface area contributed by atoms with Crippen LogP contribution in [0.4, 0.5) is 0 Å². The van der Waals surface area contributed by atoms with Crippen molar-refractivity contribution in [3.05, 3.63) is 464 Å². The summed E-state index contributed by atoms with van der Waals surface area (Å²) in [7, 11) is 0. The van der Waals surface area contributed by atoms with Crippen molar-refractivity contribution in [2.24, 2.45) is 0 Å². The Hall–Kier alpha value is -16.1. The number of thiol groups is 1. The van der Waals surface area contributed by atoms with Gasteiger partial charge in [0.05, 0.1) is 56.2 Å². The van der Waals surface area contributed by atoms with Gasteiger partial charge in [-0.25, -0.2) is 29.9 Å². The van der Waals surface area contributed by atoms with E-state index in [1.54, 1.807) is 0 Å². The van der Waals surface area contributed by atoms with E-state index in [1.165, 1.54) is 116 Å². The van der Waals surface area contributed by atoms with Crippen molar-refractivity contribution in [2.45, 2.75) is 62.7 Å². The molecule has 0 fully saturated rings. The van der Waals surface area contributed by atoms with Gasteiger partial charge < -0.3 is 9.13 Å². The molecule has 0 saturated heterocycles. The molecule has 9 heteroatoms. The van der Waals surface area contributed by atoms with Crippen molar-refractivity contribution >= 4 is 56.2 Å². The number of aromatic nitrogens is 8. The normalized spacial score (nSPS) is 13.1. The third kappa shape index (κ3) is 13.8. The molecule has 0 unspecified atom stereocenters. The van der Waals surface area contributed by atoms with Gasteiger partial charge in [-0.05, 0) is 134 Å². The smallest absolute Gasteiger partial charge is 0.160 e. The number of nitrogens with zero attached hydrogens (tertiary/aromatic N) is 8. The fourth-order valence-electron chi connectivity index (χ4n) is 20.7. The maximum absolute atomic E-state index is 5.31. The molecule has 0 N–H and O–H groups in total. The summed E-state index contributed by atoms with van der Waals surface area (Å²) in [6.45, 7) is 13.8. The van der Waals surface area contributed by atoms with Crippen LogP contribution in [0.1, 0.15) is 74.9 Å². The zero-order chi connectivity index (χ0) is 88.9. The Morgan fingerprint density at radius 1 is 0.189 bits per heavy atom. The molecular weight excluding hydrogens is 1620 g/mol. The van der Waals surface area contributed by atoms with E-state index in [9.17, 15) is 0 Å². The standard InChI is InChI=1S/2C43H31N3.C37H28N2S/c1-43(2)36-27-31(30-18-13-19-32(26-30)46-37-22-11-9-20-33(37)34-21-10-12-23-38(34)46)24-25-35(36)41-39(43)40(28-14-5-3-6-15-28)44-42(45-41)29-16-7-4-8-17-29;1-43(2)36-23-9-6-22-35(36)41-39(43)40(44-42(45-41)28-14-4-3-5-15-28)31-18-12-16-29(26-31)30-17-13-19-32(27-30)46-37-24-10-7-20-33(37)34-21-8-11-25-38(34)46;1-37(2)31-17-8-6-16-30(31)35-33(37)34(38-36(39-35)26-11-4-3-5-12-26)25-21-19-24(20-22-25)27-13-10-14-28(23-27)29-15-7-9-18-32(29)40/h2*3-27H,1-2H3;3-23,40H,1-2H3. The van der Waals surface area contributed by atoms with Crippen LogP contribution in [0.5, 0.6) is 0 Å². The predicted molar refractivity (Wildman–Crippen MR) is 549 cm³/mol. The summed E-state index contributed by atoms with van der Waals surface area (Å²) in [5, 5.41) is 5.07. The Labute approximate surface area is 774 Å². The van der Waals surface area contributed by atoms with Crippen LogP contribution < -0.4 is 0 Å². The predicted octanol–water partition coefficient (Wildman–Crippen LogP) is 31.5. The Morgan fingerprint density at radius 2 is 0.462 bits per heavy atom. The SMILES string of the molecule is CC1(C)c2cc(-c3cccc(-n4c5ccccc5c5ccccc54)c3)ccc2-c2nc(-c3ccccc3)nc(-c3ccccc3)c21.CC1(C)c2ccccc2-c2nc(-c3ccccc3)nc(-c3ccc(-c4cccc(-c5ccccc5S)c4)cc3)c21.CC1(C)c2ccccc2-c2nc(-c3ccccc3)nc(-c3cccc(-c4cccc(-n5c6ccccc6c6ccccc65)c4)c3)c21. The molecule has 0 saturated carbocycles. The van der Waals surface area contributed by atoms with Gasteiger partial charge in [0, 0.05) is 121 Å². The lowest BCUT2D eigenvalue weighted by Crippen LogP contribution is -2.17. The highest BCUT2D eigenvalue weighted by atomic mass is 32.1. The molecule has 628 valence electrons. The van der Waals surface area contributed by atoms with Crippen LogP contribution in [0.2, 0.25) is 0 Å². The van der Waals surface area contributed by atoms with Crippen molar-refractivity contribution in [1.29, 1.82) is 0 Å². The summed E-state index contributed by atoms with van der Waals surface area (Å²) in [5.74, 6) is 2.26. The van der Waals surface area contributed by atoms with Gasteiger partial charge in [-0.3, -0.25) is 0 Å². The lowest BCUT2D eigenvalue weighted by Gasteiger charge is -2.24. The molecule has 5 heterocycles. The second kappa shape index (κ2) is 32.6. The molecule has 0 atom stereocenters. The van der Waals surface area contributed by atoms with Gasteiger partial charge >= 0.3 is 0 Å². The first kappa shape index (κ1) is 80.5. The molecule has 0 amide bonds. The van der Waals surface area contributed by atoms with Crippen molar-refractivity contribution in [3.8, 4) is 158 Å². The zero-order valence-electron chi connectivity index (χ0n) is 74.0. The van der Waals surface area contributed by atoms with Crippen LogP contribution in [0, 0.1) is 0 Å². The largest absolute Gasteiger partial charge is 0.309 e. The quantitative estimate of drug-likeness (QED) is 0.123. The number of rotatable bonds is 12. The minimum absolute atomic E-state index is 0.205. The molecule has 0 aliphatic heterocycles. The van der Waals surface area contributed by atoms with Crippen LogP contribution in [0.15, 0.2) is 436 Å². The minimum Gasteiger partial charge on any atom is -0.309 e. The summed E-state index contributed by atoms with van der Waals surface area (Å²) < 4.78 is 4.76. The van der Waals surface area contributed by atoms with Gasteiger partial charge in [-0.1, -0.05) is 399 Å². The van der Waals surface area contributed by atoms with E-state index < -0.39 is 0 Å². The molecule has 0 bridgehead atoms. The van der Waals surface area contributed by atoms with E-state index in [0.717, 1.165) is 124 Å². The van der Waals surface area contributed by atoms with Crippen LogP contribution in [0.3, 0.4) is 0 Å². The van der Waals surface area contributed by atoms with Crippen molar-refractivity contribution < 1.29 is 0 Å². The van der Waals surface area contributed by atoms with Crippen molar-refractivity contribution in [3.63, 3.8) is 0 Å². The third-order valence-corrected chi connectivity index (χ3v) is 27.5. The number of fused-ring (bicyclic) bond motifs is 15. The minimum atomic E-state index is -0.286. The summed E-state index contributed by atoms with van der Waals surface area (Å²) in [5.41, 5.74) is 39.2. The van der Waals surface area contributed by atoms with E-state index in [4.69, 9.17) is 29.9 Å². The van der Waals surface area contributed by atoms with Crippen LogP contribution >= 0.6 is 12.6 Å². The van der Waals surface area contributed by atoms with Crippen LogP contribution in [0.25, 0.3) is 201 Å². The maximum atomic E-state index is 5.31. The summed E-state index contributed by atoms with van der Waals surface area (Å²) >= 11 is 4.67. The fraction of sp³-hybridized carbons (Fsp3) is 0.0732. The molecule has 22 aromatic rings. The molecule has 17 aromatic carbocycles. The number of hydrogen-bond acceptors (Lipinski definition) is 7. The molecule has 132 heavy (non-hydrogen) atoms. The lowest BCUT2D eigenvalue weighted by atomic mass is 9.80. The number of hydrogen-bond donors (Lipinski definition) is 1. The lowest BCUT2D eigenvalue weighted by molar-refractivity contribution is 0.657. The summed E-state index contributed by atoms with van der Waals surface area (Å²) in [6.07, 6.45) is 0. The average molecular weight is 1710 g/mol. The molecule has 0 radical (unpaired) electrons. The number of para-hydroxylation sites is 4. The van der Waals surface area contributed by atoms with Crippen molar-refractivity contribution in [2.75, 3.05) is 0 Å². The first-order valence-corrected chi connectivity index (χ1v) is 45.7. The molecular formula is C123H90N8S. The molecule has 8 nitrogen and oxygen atoms in total. The Morgan fingerprint density at radius 3 is 0.894 bits per heavy atom. The Bertz CT molecular complexity index is 8190. The highest BCUT2D eigenvalue weighted by Gasteiger charge is 2.44. The second-order valence-electron chi connectivity index (χ2n) is 36.1. The Balaban J connectivity index is 0.000000113. The van der Waals surface area contributed by atoms with Crippen molar-refractivity contribution in [1.82, 2.24) is 39.0 Å². The van der Waals surface area contributed by atoms with Gasteiger partial charge in [0.1, 0.15) is 0 Å². The first-order valence-electron chi connectivity index (χ1n) is 45.3. The number of benzene rings is 17. The summed E-state index contributed by atoms with van der Waals surface area (Å²) in [6, 6.07) is 153. The van der Waals surface area contributed by atoms with E-state index in [-0.39, 0.29) is 16.2 Å². The van der Waals surface area contributed by atoms with Gasteiger partial charge in [0.25, 0.3) is 0 Å². The molecule has 3 aliphatic rings. The molecule has 0 spiro atoms. The maximum Gasteiger partial charge on any atom is 0.160 e. The first-order chi connectivity index (χ1) is 64.7. The zero-order valence-corrected chi connectivity index (χ0v) is 74.9. The molecule has 5 aromatic heterocycles. The topological polar surface area (TPSA) is 87.2 Å². The monoisotopic (exact) mass is 1710 g/mol. The summed E-state index contributed by atoms with van der Waals surface area (Å²) in [4.78, 5) is 32.3. The Kier molecular flexibility index (Phi) is 19.9. The second-order valence-corrected chi connectivity index (χ2v) is 36.6. The highest BCUT2D eigenvalue weighted by molar-refractivity contribution is 7.80. The molecule has 25 rings (SSSR count).